The van der Waals surface area contributed by atoms with Gasteiger partial charge in [0.15, 0.2) is 0 Å². The van der Waals surface area contributed by atoms with Gasteiger partial charge in [-0.15, -0.1) is 11.3 Å². The maximum Gasteiger partial charge on any atom is 0.256 e. The van der Waals surface area contributed by atoms with Crippen LogP contribution in [0.1, 0.15) is 66.1 Å². The number of hydrogen-bond donors (Lipinski definition) is 2. The summed E-state index contributed by atoms with van der Waals surface area (Å²) in [5, 5.41) is 7.66. The van der Waals surface area contributed by atoms with Crippen LogP contribution in [0.15, 0.2) is 18.2 Å². The van der Waals surface area contributed by atoms with Crippen LogP contribution in [0.25, 0.3) is 0 Å². The number of carbonyl (C=O) groups excluding carboxylic acids is 1. The number of thiophene rings is 1. The molecule has 156 valence electrons. The average Bonchev–Trinajstić information content (AvgIpc) is 3.11. The molecule has 0 saturated carbocycles. The molecule has 1 aliphatic carbocycles. The van der Waals surface area contributed by atoms with Crippen LogP contribution in [0.3, 0.4) is 0 Å². The number of carbonyl (C=O) groups is 1. The van der Waals surface area contributed by atoms with E-state index in [-0.39, 0.29) is 12.1 Å². The lowest BCUT2D eigenvalue weighted by Gasteiger charge is -2.36. The van der Waals surface area contributed by atoms with Crippen molar-refractivity contribution in [3.05, 3.63) is 39.8 Å². The van der Waals surface area contributed by atoms with E-state index < -0.39 is 0 Å². The number of fused-ring (bicyclic) bond motifs is 3. The van der Waals surface area contributed by atoms with Gasteiger partial charge in [-0.1, -0.05) is 27.2 Å². The van der Waals surface area contributed by atoms with E-state index in [0.29, 0.717) is 17.1 Å². The van der Waals surface area contributed by atoms with Crippen molar-refractivity contribution in [1.29, 1.82) is 0 Å². The molecule has 2 aromatic rings. The molecule has 29 heavy (non-hydrogen) atoms. The summed E-state index contributed by atoms with van der Waals surface area (Å²) in [6, 6.07) is 5.67. The van der Waals surface area contributed by atoms with E-state index in [9.17, 15) is 4.79 Å². The highest BCUT2D eigenvalue weighted by atomic mass is 32.1. The summed E-state index contributed by atoms with van der Waals surface area (Å²) in [6.07, 6.45) is 4.06. The number of methoxy groups -OCH3 is 2. The van der Waals surface area contributed by atoms with Crippen LogP contribution in [0.5, 0.6) is 11.5 Å². The Balaban J connectivity index is 1.64. The van der Waals surface area contributed by atoms with E-state index in [0.717, 1.165) is 41.1 Å². The molecule has 0 fully saturated rings. The largest absolute Gasteiger partial charge is 0.497 e. The highest BCUT2D eigenvalue weighted by Crippen LogP contribution is 2.47. The lowest BCUT2D eigenvalue weighted by Crippen LogP contribution is -2.38. The monoisotopic (exact) mass is 414 g/mol. The molecule has 6 heteroatoms. The van der Waals surface area contributed by atoms with E-state index in [1.54, 1.807) is 25.6 Å². The maximum absolute atomic E-state index is 13.0. The van der Waals surface area contributed by atoms with Crippen molar-refractivity contribution < 1.29 is 14.3 Å². The number of nitrogens with one attached hydrogen (secondary N) is 2. The van der Waals surface area contributed by atoms with Crippen molar-refractivity contribution in [2.24, 2.45) is 11.3 Å². The van der Waals surface area contributed by atoms with Gasteiger partial charge in [0.25, 0.3) is 5.91 Å². The van der Waals surface area contributed by atoms with Gasteiger partial charge in [-0.3, -0.25) is 4.79 Å². The topological polar surface area (TPSA) is 59.6 Å². The first-order chi connectivity index (χ1) is 13.9. The lowest BCUT2D eigenvalue weighted by atomic mass is 9.69. The molecule has 0 radical (unpaired) electrons. The van der Waals surface area contributed by atoms with Crippen molar-refractivity contribution in [3.63, 3.8) is 0 Å². The third-order valence-electron chi connectivity index (χ3n) is 6.81. The number of hydrogen-bond acceptors (Lipinski definition) is 5. The summed E-state index contributed by atoms with van der Waals surface area (Å²) in [5.74, 6) is 2.09. The third-order valence-corrected chi connectivity index (χ3v) is 8.00. The Hall–Kier alpha value is -2.21. The van der Waals surface area contributed by atoms with Gasteiger partial charge in [0.1, 0.15) is 22.7 Å². The van der Waals surface area contributed by atoms with Crippen molar-refractivity contribution in [1.82, 2.24) is 5.32 Å². The van der Waals surface area contributed by atoms with E-state index >= 15 is 0 Å². The summed E-state index contributed by atoms with van der Waals surface area (Å²) < 4.78 is 10.8. The molecule has 0 bridgehead atoms. The van der Waals surface area contributed by atoms with Crippen LogP contribution in [0, 0.1) is 11.3 Å². The maximum atomic E-state index is 13.0. The first-order valence-corrected chi connectivity index (χ1v) is 11.1. The molecular weight excluding hydrogens is 384 g/mol. The highest BCUT2D eigenvalue weighted by Gasteiger charge is 2.37. The minimum absolute atomic E-state index is 0.00678. The number of rotatable bonds is 5. The van der Waals surface area contributed by atoms with Gasteiger partial charge >= 0.3 is 0 Å². The summed E-state index contributed by atoms with van der Waals surface area (Å²) in [7, 11) is 3.26. The fourth-order valence-corrected chi connectivity index (χ4v) is 5.82. The molecule has 0 saturated heterocycles. The minimum Gasteiger partial charge on any atom is -0.497 e. The summed E-state index contributed by atoms with van der Waals surface area (Å²) >= 11 is 1.75. The van der Waals surface area contributed by atoms with E-state index in [1.807, 2.05) is 18.2 Å². The minimum atomic E-state index is -0.321. The van der Waals surface area contributed by atoms with Gasteiger partial charge in [0.2, 0.25) is 0 Å². The molecule has 2 atom stereocenters. The van der Waals surface area contributed by atoms with Gasteiger partial charge in [-0.05, 0) is 48.3 Å². The predicted octanol–water partition coefficient (Wildman–Crippen LogP) is 5.16. The summed E-state index contributed by atoms with van der Waals surface area (Å²) in [6.45, 7) is 7.01. The molecule has 0 spiro atoms. The number of amides is 1. The number of ether oxygens (including phenoxy) is 2. The Kier molecular flexibility index (Phi) is 5.23. The second-order valence-corrected chi connectivity index (χ2v) is 9.75. The predicted molar refractivity (Wildman–Crippen MR) is 117 cm³/mol. The van der Waals surface area contributed by atoms with Crippen molar-refractivity contribution >= 4 is 22.2 Å². The van der Waals surface area contributed by atoms with Gasteiger partial charge in [-0.25, -0.2) is 0 Å². The van der Waals surface area contributed by atoms with Gasteiger partial charge in [0.05, 0.1) is 19.8 Å². The van der Waals surface area contributed by atoms with Gasteiger partial charge in [0, 0.05) is 16.5 Å². The van der Waals surface area contributed by atoms with Crippen LogP contribution in [-0.4, -0.2) is 20.1 Å². The van der Waals surface area contributed by atoms with E-state index in [2.05, 4.69) is 31.4 Å². The van der Waals surface area contributed by atoms with Crippen LogP contribution < -0.4 is 20.1 Å². The summed E-state index contributed by atoms with van der Waals surface area (Å²) in [4.78, 5) is 14.4. The molecule has 2 N–H and O–H groups in total. The Morgan fingerprint density at radius 2 is 2.00 bits per heavy atom. The van der Waals surface area contributed by atoms with Crippen LogP contribution in [-0.2, 0) is 12.8 Å². The zero-order chi connectivity index (χ0) is 20.8. The number of benzene rings is 1. The molecule has 2 aliphatic rings. The third kappa shape index (κ3) is 3.48. The fourth-order valence-electron chi connectivity index (χ4n) is 4.47. The zero-order valence-electron chi connectivity index (χ0n) is 17.8. The Labute approximate surface area is 176 Å². The quantitative estimate of drug-likeness (QED) is 0.709. The molecule has 4 rings (SSSR count). The molecule has 1 amide bonds. The van der Waals surface area contributed by atoms with Crippen molar-refractivity contribution in [2.45, 2.75) is 52.6 Å². The molecular formula is C23H30N2O3S. The van der Waals surface area contributed by atoms with Gasteiger partial charge < -0.3 is 20.1 Å². The van der Waals surface area contributed by atoms with Crippen molar-refractivity contribution in [3.8, 4) is 11.5 Å². The van der Waals surface area contributed by atoms with Crippen molar-refractivity contribution in [2.75, 3.05) is 19.5 Å². The molecule has 1 aliphatic heterocycles. The Bertz CT molecular complexity index is 934. The Morgan fingerprint density at radius 1 is 1.21 bits per heavy atom. The van der Waals surface area contributed by atoms with Crippen LogP contribution in [0.2, 0.25) is 0 Å². The lowest BCUT2D eigenvalue weighted by molar-refractivity contribution is 0.0934. The second kappa shape index (κ2) is 7.56. The molecule has 1 aromatic heterocycles. The van der Waals surface area contributed by atoms with Crippen LogP contribution in [0.4, 0.5) is 5.00 Å². The molecule has 5 nitrogen and oxygen atoms in total. The van der Waals surface area contributed by atoms with Crippen LogP contribution >= 0.6 is 11.3 Å². The smallest absolute Gasteiger partial charge is 0.256 e. The first-order valence-electron chi connectivity index (χ1n) is 10.3. The summed E-state index contributed by atoms with van der Waals surface area (Å²) in [5.41, 5.74) is 3.32. The first kappa shape index (κ1) is 20.1. The fraction of sp³-hybridized carbons (Fsp3) is 0.522. The van der Waals surface area contributed by atoms with E-state index in [1.165, 1.54) is 16.9 Å². The van der Waals surface area contributed by atoms with Gasteiger partial charge in [-0.2, -0.15) is 0 Å². The zero-order valence-corrected chi connectivity index (χ0v) is 18.7. The Morgan fingerprint density at radius 3 is 2.69 bits per heavy atom. The molecule has 2 heterocycles. The second-order valence-electron chi connectivity index (χ2n) is 8.65. The highest BCUT2D eigenvalue weighted by molar-refractivity contribution is 7.16. The standard InChI is InChI=1S/C23H30N2O3S/c1-6-23(2,3)13-7-9-16-18(11-13)29-22-19(16)21(26)24-20(25-22)15-10-8-14(27-4)12-17(15)28-5/h8,10,12-13,20,25H,6-7,9,11H2,1-5H3,(H,24,26)/t13-,20-/m0/s1. The number of anilines is 1. The molecule has 0 unspecified atom stereocenters. The molecule has 1 aromatic carbocycles. The normalized spacial score (nSPS) is 20.9. The van der Waals surface area contributed by atoms with E-state index in [4.69, 9.17) is 9.47 Å². The SMILES string of the molecule is CCC(C)(C)[C@H]1CCc2c(sc3c2C(=O)N[C@H](c2ccc(OC)cc2OC)N3)C1. The average molecular weight is 415 g/mol.